The van der Waals surface area contributed by atoms with Crippen molar-refractivity contribution < 1.29 is 31.4 Å². The summed E-state index contributed by atoms with van der Waals surface area (Å²) in [5.74, 6) is -2.76. The monoisotopic (exact) mass is 486 g/mol. The average molecular weight is 487 g/mol. The molecule has 0 unspecified atom stereocenters. The SMILES string of the molecule is C.CO[C@H]1C[C@@H]2[C@@H](CC[C@@]3(S(=O)(=O)c4ccc(Cl)cc4)c4c(F)ccc(F)c4OC[C@@H]23)O1. The fourth-order valence-electron chi connectivity index (χ4n) is 5.57. The molecule has 3 aliphatic rings. The number of methoxy groups -OCH3 is 1. The first kappa shape index (κ1) is 23.4. The van der Waals surface area contributed by atoms with Crippen molar-refractivity contribution in [2.75, 3.05) is 13.7 Å². The molecule has 5 atom stereocenters. The van der Waals surface area contributed by atoms with Crippen LogP contribution in [0.4, 0.5) is 8.78 Å². The molecule has 1 saturated carbocycles. The molecule has 2 fully saturated rings. The van der Waals surface area contributed by atoms with Gasteiger partial charge in [-0.3, -0.25) is 0 Å². The van der Waals surface area contributed by atoms with Gasteiger partial charge in [0.1, 0.15) is 10.6 Å². The second-order valence-electron chi connectivity index (χ2n) is 8.28. The van der Waals surface area contributed by atoms with E-state index >= 15 is 4.39 Å². The Balaban J connectivity index is 0.00000245. The van der Waals surface area contributed by atoms with Gasteiger partial charge < -0.3 is 14.2 Å². The molecule has 0 N–H and O–H groups in total. The highest BCUT2D eigenvalue weighted by Gasteiger charge is 2.64. The van der Waals surface area contributed by atoms with Crippen LogP contribution in [0.3, 0.4) is 0 Å². The zero-order valence-electron chi connectivity index (χ0n) is 16.7. The van der Waals surface area contributed by atoms with Crippen LogP contribution in [0.2, 0.25) is 5.02 Å². The van der Waals surface area contributed by atoms with Crippen molar-refractivity contribution in [1.29, 1.82) is 0 Å². The van der Waals surface area contributed by atoms with E-state index in [1.54, 1.807) is 0 Å². The van der Waals surface area contributed by atoms with Crippen LogP contribution < -0.4 is 4.74 Å². The maximum Gasteiger partial charge on any atom is 0.188 e. The van der Waals surface area contributed by atoms with Gasteiger partial charge in [0.05, 0.1) is 23.2 Å². The maximum absolute atomic E-state index is 15.3. The van der Waals surface area contributed by atoms with Gasteiger partial charge in [-0.05, 0) is 55.2 Å². The molecule has 0 amide bonds. The summed E-state index contributed by atoms with van der Waals surface area (Å²) in [4.78, 5) is 0.0130. The minimum absolute atomic E-state index is 0. The van der Waals surface area contributed by atoms with Gasteiger partial charge in [-0.1, -0.05) is 19.0 Å². The summed E-state index contributed by atoms with van der Waals surface area (Å²) >= 11 is 5.96. The summed E-state index contributed by atoms with van der Waals surface area (Å²) in [5.41, 5.74) is -0.224. The van der Waals surface area contributed by atoms with Crippen molar-refractivity contribution in [1.82, 2.24) is 0 Å². The zero-order valence-corrected chi connectivity index (χ0v) is 18.3. The second kappa shape index (κ2) is 8.24. The van der Waals surface area contributed by atoms with Gasteiger partial charge in [-0.2, -0.15) is 0 Å². The Labute approximate surface area is 191 Å². The van der Waals surface area contributed by atoms with E-state index < -0.39 is 38.4 Å². The Bertz CT molecular complexity index is 1120. The normalized spacial score (nSPS) is 31.0. The largest absolute Gasteiger partial charge is 0.490 e. The Morgan fingerprint density at radius 1 is 1.12 bits per heavy atom. The van der Waals surface area contributed by atoms with Gasteiger partial charge in [0.25, 0.3) is 0 Å². The summed E-state index contributed by atoms with van der Waals surface area (Å²) in [6, 6.07) is 7.70. The van der Waals surface area contributed by atoms with Crippen molar-refractivity contribution in [3.05, 3.63) is 58.6 Å². The number of hydrogen-bond acceptors (Lipinski definition) is 5. The standard InChI is InChI=1S/C22H21ClF2O5S.CH4/c1-28-19-10-14-15-11-29-21-17(25)7-6-16(24)20(21)22(15,9-8-18(14)30-19)31(26,27)13-4-2-12(23)3-5-13;/h2-7,14-15,18-19H,8-11H2,1H3;1H4/t14-,15-,18+,19+,22-;/m0./s1. The van der Waals surface area contributed by atoms with Crippen LogP contribution >= 0.6 is 11.6 Å². The highest BCUT2D eigenvalue weighted by atomic mass is 35.5. The maximum atomic E-state index is 15.3. The number of ether oxygens (including phenoxy) is 3. The van der Waals surface area contributed by atoms with Crippen LogP contribution in [-0.4, -0.2) is 34.5 Å². The molecule has 0 radical (unpaired) electrons. The van der Waals surface area contributed by atoms with Crippen molar-refractivity contribution in [3.63, 3.8) is 0 Å². The minimum Gasteiger partial charge on any atom is -0.490 e. The van der Waals surface area contributed by atoms with Gasteiger partial charge in [0.2, 0.25) is 0 Å². The van der Waals surface area contributed by atoms with E-state index in [4.69, 9.17) is 25.8 Å². The van der Waals surface area contributed by atoms with Crippen molar-refractivity contribution in [2.24, 2.45) is 11.8 Å². The Hall–Kier alpha value is -1.74. The zero-order chi connectivity index (χ0) is 22.0. The van der Waals surface area contributed by atoms with E-state index in [1.165, 1.54) is 31.4 Å². The predicted octanol–water partition coefficient (Wildman–Crippen LogP) is 5.10. The molecule has 1 saturated heterocycles. The van der Waals surface area contributed by atoms with E-state index in [0.29, 0.717) is 17.9 Å². The minimum atomic E-state index is -4.16. The molecule has 174 valence electrons. The van der Waals surface area contributed by atoms with Crippen LogP contribution in [0.25, 0.3) is 0 Å². The second-order valence-corrected chi connectivity index (χ2v) is 10.9. The van der Waals surface area contributed by atoms with Crippen LogP contribution in [0.1, 0.15) is 32.3 Å². The molecular formula is C23H25ClF2O5S. The van der Waals surface area contributed by atoms with E-state index in [1.807, 2.05) is 0 Å². The molecule has 1 aliphatic carbocycles. The van der Waals surface area contributed by atoms with E-state index in [0.717, 1.165) is 12.1 Å². The smallest absolute Gasteiger partial charge is 0.188 e. The van der Waals surface area contributed by atoms with E-state index in [2.05, 4.69) is 0 Å². The molecule has 0 aromatic heterocycles. The molecule has 2 heterocycles. The summed E-state index contributed by atoms with van der Waals surface area (Å²) in [6.07, 6.45) is 0.215. The first-order valence-corrected chi connectivity index (χ1v) is 12.0. The summed E-state index contributed by atoms with van der Waals surface area (Å²) in [5, 5.41) is 0.383. The topological polar surface area (TPSA) is 61.8 Å². The Kier molecular flexibility index (Phi) is 6.03. The van der Waals surface area contributed by atoms with Gasteiger partial charge in [-0.15, -0.1) is 0 Å². The molecule has 5 rings (SSSR count). The molecule has 0 bridgehead atoms. The molecule has 2 aromatic carbocycles. The van der Waals surface area contributed by atoms with E-state index in [9.17, 15) is 12.8 Å². The average Bonchev–Trinajstić information content (AvgIpc) is 3.19. The van der Waals surface area contributed by atoms with Crippen molar-refractivity contribution >= 4 is 21.4 Å². The van der Waals surface area contributed by atoms with Crippen LogP contribution in [0.15, 0.2) is 41.3 Å². The highest BCUT2D eigenvalue weighted by Crippen LogP contribution is 2.60. The predicted molar refractivity (Wildman–Crippen MR) is 115 cm³/mol. The summed E-state index contributed by atoms with van der Waals surface area (Å²) in [6.45, 7) is -0.0544. The van der Waals surface area contributed by atoms with Crippen LogP contribution in [0, 0.1) is 23.5 Å². The van der Waals surface area contributed by atoms with Crippen LogP contribution in [0.5, 0.6) is 5.75 Å². The fourth-order valence-corrected chi connectivity index (χ4v) is 8.10. The first-order valence-electron chi connectivity index (χ1n) is 10.1. The molecule has 2 aromatic rings. The lowest BCUT2D eigenvalue weighted by Crippen LogP contribution is -2.56. The third-order valence-corrected chi connectivity index (χ3v) is 9.76. The lowest BCUT2D eigenvalue weighted by molar-refractivity contribution is -0.123. The summed E-state index contributed by atoms with van der Waals surface area (Å²) in [7, 11) is -2.63. The molecule has 32 heavy (non-hydrogen) atoms. The molecule has 0 spiro atoms. The number of benzene rings is 2. The number of fused-ring (bicyclic) bond motifs is 5. The molecular weight excluding hydrogens is 462 g/mol. The lowest BCUT2D eigenvalue weighted by atomic mass is 9.66. The Morgan fingerprint density at radius 3 is 2.50 bits per heavy atom. The van der Waals surface area contributed by atoms with E-state index in [-0.39, 0.29) is 48.7 Å². The highest BCUT2D eigenvalue weighted by molar-refractivity contribution is 7.92. The number of rotatable bonds is 3. The number of hydrogen-bond donors (Lipinski definition) is 0. The summed E-state index contributed by atoms with van der Waals surface area (Å²) < 4.78 is 73.5. The first-order chi connectivity index (χ1) is 14.8. The third-order valence-electron chi connectivity index (χ3n) is 6.94. The molecule has 9 heteroatoms. The Morgan fingerprint density at radius 2 is 1.81 bits per heavy atom. The van der Waals surface area contributed by atoms with Crippen molar-refractivity contribution in [2.45, 2.75) is 48.7 Å². The quantitative estimate of drug-likeness (QED) is 0.603. The number of sulfone groups is 1. The van der Waals surface area contributed by atoms with Gasteiger partial charge in [-0.25, -0.2) is 17.2 Å². The lowest BCUT2D eigenvalue weighted by Gasteiger charge is -2.50. The van der Waals surface area contributed by atoms with Gasteiger partial charge in [0.15, 0.2) is 27.7 Å². The number of halogens is 3. The molecule has 2 aliphatic heterocycles. The molecule has 5 nitrogen and oxygen atoms in total. The van der Waals surface area contributed by atoms with Gasteiger partial charge >= 0.3 is 0 Å². The third kappa shape index (κ3) is 3.18. The van der Waals surface area contributed by atoms with Gasteiger partial charge in [0, 0.05) is 24.5 Å². The van der Waals surface area contributed by atoms with Crippen LogP contribution in [-0.2, 0) is 24.1 Å². The van der Waals surface area contributed by atoms with Crippen molar-refractivity contribution in [3.8, 4) is 5.75 Å². The fraction of sp³-hybridized carbons (Fsp3) is 0.478.